The van der Waals surface area contributed by atoms with Gasteiger partial charge >= 0.3 is 5.97 Å². The third kappa shape index (κ3) is 3.46. The lowest BCUT2D eigenvalue weighted by Gasteiger charge is -2.25. The topological polar surface area (TPSA) is 101 Å². The molecule has 0 spiro atoms. The van der Waals surface area contributed by atoms with E-state index in [-0.39, 0.29) is 23.5 Å². The average molecular weight is 289 g/mol. The Labute approximate surface area is 112 Å². The van der Waals surface area contributed by atoms with Crippen LogP contribution in [-0.4, -0.2) is 42.9 Å². The summed E-state index contributed by atoms with van der Waals surface area (Å²) in [4.78, 5) is 23.1. The maximum absolute atomic E-state index is 12.1. The lowest BCUT2D eigenvalue weighted by Crippen LogP contribution is -2.44. The van der Waals surface area contributed by atoms with E-state index in [4.69, 9.17) is 5.11 Å². The largest absolute Gasteiger partial charge is 0.481 e. The van der Waals surface area contributed by atoms with Crippen molar-refractivity contribution >= 4 is 21.7 Å². The molecule has 2 N–H and O–H groups in total. The number of hydrogen-bond donors (Lipinski definition) is 2. The summed E-state index contributed by atoms with van der Waals surface area (Å²) >= 11 is 0. The van der Waals surface area contributed by atoms with Crippen molar-refractivity contribution in [3.05, 3.63) is 0 Å². The first kappa shape index (κ1) is 14.3. The summed E-state index contributed by atoms with van der Waals surface area (Å²) in [6, 6.07) is -0.133. The Morgan fingerprint density at radius 2 is 1.58 bits per heavy atom. The number of carboxylic acids is 1. The second-order valence-corrected chi connectivity index (χ2v) is 7.72. The third-order valence-electron chi connectivity index (χ3n) is 4.07. The summed E-state index contributed by atoms with van der Waals surface area (Å²) in [6.45, 7) is 0. The van der Waals surface area contributed by atoms with E-state index >= 15 is 0 Å². The molecule has 1 saturated carbocycles. The molecule has 2 fully saturated rings. The first-order valence-corrected chi connectivity index (χ1v) is 8.45. The van der Waals surface area contributed by atoms with Crippen molar-refractivity contribution in [2.24, 2.45) is 11.8 Å². The SMILES string of the molecule is O=C(O)C1CCCC1C(=O)NC1CCS(=O)(=O)CC1. The molecule has 1 amide bonds. The van der Waals surface area contributed by atoms with Gasteiger partial charge in [-0.3, -0.25) is 9.59 Å². The molecule has 2 atom stereocenters. The molecule has 108 valence electrons. The fourth-order valence-electron chi connectivity index (χ4n) is 2.91. The van der Waals surface area contributed by atoms with E-state index in [9.17, 15) is 18.0 Å². The maximum Gasteiger partial charge on any atom is 0.307 e. The van der Waals surface area contributed by atoms with Gasteiger partial charge in [-0.2, -0.15) is 0 Å². The van der Waals surface area contributed by atoms with Crippen LogP contribution in [0.1, 0.15) is 32.1 Å². The molecule has 0 aromatic rings. The average Bonchev–Trinajstić information content (AvgIpc) is 2.81. The minimum Gasteiger partial charge on any atom is -0.481 e. The van der Waals surface area contributed by atoms with Gasteiger partial charge in [0.05, 0.1) is 23.3 Å². The summed E-state index contributed by atoms with van der Waals surface area (Å²) < 4.78 is 22.6. The molecule has 1 aliphatic heterocycles. The number of hydrogen-bond acceptors (Lipinski definition) is 4. The zero-order valence-corrected chi connectivity index (χ0v) is 11.5. The molecule has 1 heterocycles. The van der Waals surface area contributed by atoms with Gasteiger partial charge in [-0.1, -0.05) is 6.42 Å². The number of nitrogens with one attached hydrogen (secondary N) is 1. The number of carbonyl (C=O) groups is 2. The van der Waals surface area contributed by atoms with E-state index in [2.05, 4.69) is 5.32 Å². The monoisotopic (exact) mass is 289 g/mol. The molecule has 2 aliphatic rings. The van der Waals surface area contributed by atoms with Crippen LogP contribution in [0.15, 0.2) is 0 Å². The van der Waals surface area contributed by atoms with E-state index in [1.54, 1.807) is 0 Å². The molecule has 2 rings (SSSR count). The van der Waals surface area contributed by atoms with Crippen LogP contribution >= 0.6 is 0 Å². The second-order valence-electron chi connectivity index (χ2n) is 5.42. The molecule has 6 nitrogen and oxygen atoms in total. The maximum atomic E-state index is 12.1. The molecule has 0 aromatic carbocycles. The molecule has 1 aliphatic carbocycles. The summed E-state index contributed by atoms with van der Waals surface area (Å²) in [6.07, 6.45) is 2.77. The molecular formula is C12H19NO5S. The fraction of sp³-hybridized carbons (Fsp3) is 0.833. The Bertz CT molecular complexity index is 459. The van der Waals surface area contributed by atoms with E-state index in [1.807, 2.05) is 0 Å². The zero-order valence-electron chi connectivity index (χ0n) is 10.7. The number of rotatable bonds is 3. The molecule has 0 aromatic heterocycles. The van der Waals surface area contributed by atoms with Gasteiger partial charge in [0.2, 0.25) is 5.91 Å². The highest BCUT2D eigenvalue weighted by Crippen LogP contribution is 2.32. The summed E-state index contributed by atoms with van der Waals surface area (Å²) in [5, 5.41) is 11.9. The van der Waals surface area contributed by atoms with Gasteiger partial charge in [-0.25, -0.2) is 8.42 Å². The lowest BCUT2D eigenvalue weighted by atomic mass is 9.95. The minimum absolute atomic E-state index is 0.102. The van der Waals surface area contributed by atoms with Crippen molar-refractivity contribution < 1.29 is 23.1 Å². The lowest BCUT2D eigenvalue weighted by molar-refractivity contribution is -0.146. The molecule has 1 saturated heterocycles. The van der Waals surface area contributed by atoms with Gasteiger partial charge < -0.3 is 10.4 Å². The van der Waals surface area contributed by atoms with Crippen LogP contribution < -0.4 is 5.32 Å². The summed E-state index contributed by atoms with van der Waals surface area (Å²) in [5.74, 6) is -1.99. The van der Waals surface area contributed by atoms with Crippen LogP contribution in [0.5, 0.6) is 0 Å². The standard InChI is InChI=1S/C12H19NO5S/c14-11(9-2-1-3-10(9)12(15)16)13-8-4-6-19(17,18)7-5-8/h8-10H,1-7H2,(H,13,14)(H,15,16). The smallest absolute Gasteiger partial charge is 0.307 e. The van der Waals surface area contributed by atoms with Crippen molar-refractivity contribution in [3.63, 3.8) is 0 Å². The Balaban J connectivity index is 1.89. The number of carbonyl (C=O) groups excluding carboxylic acids is 1. The van der Waals surface area contributed by atoms with Crippen LogP contribution in [0.2, 0.25) is 0 Å². The number of carboxylic acid groups (broad SMARTS) is 1. The Kier molecular flexibility index (Phi) is 4.13. The molecule has 7 heteroatoms. The molecule has 2 unspecified atom stereocenters. The summed E-state index contributed by atoms with van der Waals surface area (Å²) in [5.41, 5.74) is 0. The van der Waals surface area contributed by atoms with Crippen LogP contribution in [0.3, 0.4) is 0 Å². The van der Waals surface area contributed by atoms with Crippen LogP contribution in [0.25, 0.3) is 0 Å². The first-order valence-electron chi connectivity index (χ1n) is 6.62. The fourth-order valence-corrected chi connectivity index (χ4v) is 4.40. The quantitative estimate of drug-likeness (QED) is 0.772. The van der Waals surface area contributed by atoms with Crippen molar-refractivity contribution in [2.75, 3.05) is 11.5 Å². The van der Waals surface area contributed by atoms with Crippen molar-refractivity contribution in [1.29, 1.82) is 0 Å². The molecule has 19 heavy (non-hydrogen) atoms. The van der Waals surface area contributed by atoms with Gasteiger partial charge in [0.25, 0.3) is 0 Å². The molecule has 0 radical (unpaired) electrons. The van der Waals surface area contributed by atoms with Gasteiger partial charge in [0.1, 0.15) is 9.84 Å². The number of amides is 1. The van der Waals surface area contributed by atoms with Crippen LogP contribution in [0.4, 0.5) is 0 Å². The first-order chi connectivity index (χ1) is 8.89. The number of sulfone groups is 1. The van der Waals surface area contributed by atoms with Crippen molar-refractivity contribution in [1.82, 2.24) is 5.32 Å². The Morgan fingerprint density at radius 1 is 1.00 bits per heavy atom. The molecule has 0 bridgehead atoms. The van der Waals surface area contributed by atoms with Gasteiger partial charge in [0, 0.05) is 6.04 Å². The highest BCUT2D eigenvalue weighted by atomic mass is 32.2. The van der Waals surface area contributed by atoms with Crippen LogP contribution in [0, 0.1) is 11.8 Å². The third-order valence-corrected chi connectivity index (χ3v) is 5.79. The van der Waals surface area contributed by atoms with E-state index in [0.29, 0.717) is 25.7 Å². The van der Waals surface area contributed by atoms with E-state index < -0.39 is 27.6 Å². The highest BCUT2D eigenvalue weighted by molar-refractivity contribution is 7.91. The van der Waals surface area contributed by atoms with Gasteiger partial charge in [-0.15, -0.1) is 0 Å². The Morgan fingerprint density at radius 3 is 2.16 bits per heavy atom. The van der Waals surface area contributed by atoms with E-state index in [1.165, 1.54) is 0 Å². The predicted molar refractivity (Wildman–Crippen MR) is 68.3 cm³/mol. The highest BCUT2D eigenvalue weighted by Gasteiger charge is 2.38. The van der Waals surface area contributed by atoms with Gasteiger partial charge in [-0.05, 0) is 25.7 Å². The second kappa shape index (κ2) is 5.48. The number of aliphatic carboxylic acids is 1. The van der Waals surface area contributed by atoms with Crippen LogP contribution in [-0.2, 0) is 19.4 Å². The Hall–Kier alpha value is -1.11. The normalized spacial score (nSPS) is 30.9. The molecular weight excluding hydrogens is 270 g/mol. The van der Waals surface area contributed by atoms with Crippen molar-refractivity contribution in [3.8, 4) is 0 Å². The predicted octanol–water partition coefficient (Wildman–Crippen LogP) is 0.181. The van der Waals surface area contributed by atoms with Crippen molar-refractivity contribution in [2.45, 2.75) is 38.1 Å². The zero-order chi connectivity index (χ0) is 14.0. The minimum atomic E-state index is -2.94. The van der Waals surface area contributed by atoms with Gasteiger partial charge in [0.15, 0.2) is 0 Å². The summed E-state index contributed by atoms with van der Waals surface area (Å²) in [7, 11) is -2.94. The van der Waals surface area contributed by atoms with E-state index in [0.717, 1.165) is 6.42 Å².